The number of nitrogens with zero attached hydrogens (tertiary/aromatic N) is 1. The highest BCUT2D eigenvalue weighted by molar-refractivity contribution is 8.18. The fourth-order valence-electron chi connectivity index (χ4n) is 4.16. The average molecular weight is 559 g/mol. The number of rotatable bonds is 10. The van der Waals surface area contributed by atoms with Crippen LogP contribution in [0.1, 0.15) is 47.6 Å². The second kappa shape index (κ2) is 12.9. The molecule has 1 aliphatic heterocycles. The van der Waals surface area contributed by atoms with Crippen LogP contribution in [0.5, 0.6) is 11.5 Å². The van der Waals surface area contributed by atoms with E-state index < -0.39 is 0 Å². The number of benzene rings is 3. The molecule has 40 heavy (non-hydrogen) atoms. The van der Waals surface area contributed by atoms with Gasteiger partial charge >= 0.3 is 0 Å². The van der Waals surface area contributed by atoms with Crippen LogP contribution >= 0.6 is 11.8 Å². The number of thioether (sulfide) groups is 1. The highest BCUT2D eigenvalue weighted by atomic mass is 32.2. The Morgan fingerprint density at radius 2 is 1.70 bits per heavy atom. The third-order valence-corrected chi connectivity index (χ3v) is 7.48. The van der Waals surface area contributed by atoms with E-state index in [1.807, 2.05) is 51.1 Å². The van der Waals surface area contributed by atoms with E-state index in [4.69, 9.17) is 9.47 Å². The summed E-state index contributed by atoms with van der Waals surface area (Å²) >= 11 is 0.913. The van der Waals surface area contributed by atoms with Gasteiger partial charge in [0.1, 0.15) is 18.1 Å². The van der Waals surface area contributed by atoms with E-state index in [2.05, 4.69) is 25.2 Å². The summed E-state index contributed by atoms with van der Waals surface area (Å²) in [7, 11) is 0. The molecule has 7 nitrogen and oxygen atoms in total. The minimum absolute atomic E-state index is 0.131. The van der Waals surface area contributed by atoms with Gasteiger partial charge in [0, 0.05) is 5.69 Å². The summed E-state index contributed by atoms with van der Waals surface area (Å²) in [6.07, 6.45) is 1.68. The molecule has 1 aliphatic rings. The Bertz CT molecular complexity index is 1450. The van der Waals surface area contributed by atoms with E-state index in [0.717, 1.165) is 51.0 Å². The summed E-state index contributed by atoms with van der Waals surface area (Å²) in [5, 5.41) is 2.51. The molecular weight excluding hydrogens is 524 g/mol. The zero-order chi connectivity index (χ0) is 28.8. The minimum atomic E-state index is -0.338. The first-order valence-electron chi connectivity index (χ1n) is 13.2. The minimum Gasteiger partial charge on any atom is -0.491 e. The number of imide groups is 1. The van der Waals surface area contributed by atoms with Gasteiger partial charge in [0.05, 0.1) is 11.4 Å². The van der Waals surface area contributed by atoms with Crippen LogP contribution in [0.25, 0.3) is 6.08 Å². The number of amides is 3. The summed E-state index contributed by atoms with van der Waals surface area (Å²) < 4.78 is 11.6. The van der Waals surface area contributed by atoms with Crippen LogP contribution in [0, 0.1) is 20.8 Å². The molecule has 3 aromatic rings. The van der Waals surface area contributed by atoms with E-state index in [-0.39, 0.29) is 36.8 Å². The maximum absolute atomic E-state index is 12.9. The third-order valence-electron chi connectivity index (χ3n) is 6.58. The molecule has 1 saturated heterocycles. The molecule has 3 amide bonds. The quantitative estimate of drug-likeness (QED) is 0.274. The van der Waals surface area contributed by atoms with Crippen molar-refractivity contribution in [3.63, 3.8) is 0 Å². The predicted octanol–water partition coefficient (Wildman–Crippen LogP) is 6.87. The Morgan fingerprint density at radius 1 is 0.950 bits per heavy atom. The predicted molar refractivity (Wildman–Crippen MR) is 160 cm³/mol. The normalized spacial score (nSPS) is 14.2. The summed E-state index contributed by atoms with van der Waals surface area (Å²) in [5.74, 6) is 1.01. The van der Waals surface area contributed by atoms with Crippen LogP contribution in [-0.2, 0) is 9.59 Å². The first-order valence-corrected chi connectivity index (χ1v) is 14.0. The van der Waals surface area contributed by atoms with Crippen LogP contribution in [0.2, 0.25) is 0 Å². The Morgan fingerprint density at radius 3 is 2.40 bits per heavy atom. The van der Waals surface area contributed by atoms with Gasteiger partial charge in [-0.1, -0.05) is 44.2 Å². The van der Waals surface area contributed by atoms with Crippen molar-refractivity contribution in [3.05, 3.63) is 93.4 Å². The fraction of sp³-hybridized carbons (Fsp3) is 0.281. The Hall–Kier alpha value is -4.04. The van der Waals surface area contributed by atoms with Gasteiger partial charge in [-0.2, -0.15) is 0 Å². The van der Waals surface area contributed by atoms with Gasteiger partial charge in [-0.25, -0.2) is 0 Å². The summed E-state index contributed by atoms with van der Waals surface area (Å²) in [6, 6.07) is 18.8. The topological polar surface area (TPSA) is 84.9 Å². The van der Waals surface area contributed by atoms with Gasteiger partial charge in [0.25, 0.3) is 17.1 Å². The van der Waals surface area contributed by atoms with Crippen molar-refractivity contribution in [2.45, 2.75) is 40.5 Å². The van der Waals surface area contributed by atoms with Gasteiger partial charge in [0.15, 0.2) is 6.61 Å². The van der Waals surface area contributed by atoms with Gasteiger partial charge < -0.3 is 14.8 Å². The zero-order valence-corrected chi connectivity index (χ0v) is 24.3. The number of hydrogen-bond acceptors (Lipinski definition) is 6. The standard InChI is InChI=1S/C32H34N2O5S/c1-20(2)27-13-6-21(3)16-28(27)38-15-14-34-31(36)29(40-32(34)37)18-24-8-11-26(12-9-24)39-19-30(35)33-25-10-7-22(4)23(5)17-25/h6-13,16-18,20H,14-15,19H2,1-5H3,(H,33,35)/b29-18-. The van der Waals surface area contributed by atoms with Crippen LogP contribution in [0.3, 0.4) is 0 Å². The van der Waals surface area contributed by atoms with Crippen LogP contribution < -0.4 is 14.8 Å². The Balaban J connectivity index is 1.29. The van der Waals surface area contributed by atoms with Crippen molar-refractivity contribution in [2.75, 3.05) is 25.1 Å². The van der Waals surface area contributed by atoms with Crippen molar-refractivity contribution >= 4 is 40.6 Å². The van der Waals surface area contributed by atoms with E-state index in [1.54, 1.807) is 30.3 Å². The van der Waals surface area contributed by atoms with E-state index >= 15 is 0 Å². The largest absolute Gasteiger partial charge is 0.491 e. The molecular formula is C32H34N2O5S. The van der Waals surface area contributed by atoms with Gasteiger partial charge in [-0.15, -0.1) is 0 Å². The molecule has 0 spiro atoms. The summed E-state index contributed by atoms with van der Waals surface area (Å²) in [5.41, 5.74) is 5.91. The average Bonchev–Trinajstić information content (AvgIpc) is 3.17. The molecule has 0 aromatic heterocycles. The van der Waals surface area contributed by atoms with E-state index in [0.29, 0.717) is 16.6 Å². The number of hydrogen-bond donors (Lipinski definition) is 1. The molecule has 1 fully saturated rings. The first kappa shape index (κ1) is 29.0. The number of nitrogens with one attached hydrogen (secondary N) is 1. The molecule has 0 radical (unpaired) electrons. The Kier molecular flexibility index (Phi) is 9.32. The van der Waals surface area contributed by atoms with Gasteiger partial charge in [0.2, 0.25) is 0 Å². The lowest BCUT2D eigenvalue weighted by Gasteiger charge is -2.17. The smallest absolute Gasteiger partial charge is 0.293 e. The molecule has 0 atom stereocenters. The monoisotopic (exact) mass is 558 g/mol. The second-order valence-electron chi connectivity index (χ2n) is 10.1. The second-order valence-corrected chi connectivity index (χ2v) is 11.1. The maximum atomic E-state index is 12.9. The lowest BCUT2D eigenvalue weighted by molar-refractivity contribution is -0.123. The van der Waals surface area contributed by atoms with E-state index in [1.165, 1.54) is 4.90 Å². The van der Waals surface area contributed by atoms with Crippen molar-refractivity contribution < 1.29 is 23.9 Å². The molecule has 0 saturated carbocycles. The fourth-order valence-corrected chi connectivity index (χ4v) is 5.03. The lowest BCUT2D eigenvalue weighted by atomic mass is 10.0. The molecule has 3 aromatic carbocycles. The molecule has 4 rings (SSSR count). The number of anilines is 1. The van der Waals surface area contributed by atoms with Crippen molar-refractivity contribution in [2.24, 2.45) is 0 Å². The molecule has 0 bridgehead atoms. The summed E-state index contributed by atoms with van der Waals surface area (Å²) in [6.45, 7) is 10.5. The van der Waals surface area contributed by atoms with Gasteiger partial charge in [-0.05, 0) is 103 Å². The van der Waals surface area contributed by atoms with Crippen LogP contribution in [0.15, 0.2) is 65.6 Å². The molecule has 1 heterocycles. The zero-order valence-electron chi connectivity index (χ0n) is 23.4. The van der Waals surface area contributed by atoms with Crippen LogP contribution in [0.4, 0.5) is 10.5 Å². The van der Waals surface area contributed by atoms with Crippen molar-refractivity contribution in [3.8, 4) is 11.5 Å². The van der Waals surface area contributed by atoms with Crippen LogP contribution in [-0.4, -0.2) is 41.7 Å². The summed E-state index contributed by atoms with van der Waals surface area (Å²) in [4.78, 5) is 39.3. The highest BCUT2D eigenvalue weighted by Gasteiger charge is 2.34. The molecule has 1 N–H and O–H groups in total. The SMILES string of the molecule is Cc1ccc(C(C)C)c(OCCN2C(=O)S/C(=C\c3ccc(OCC(=O)Nc4ccc(C)c(C)c4)cc3)C2=O)c1. The maximum Gasteiger partial charge on any atom is 0.293 e. The first-order chi connectivity index (χ1) is 19.1. The van der Waals surface area contributed by atoms with Gasteiger partial charge in [-0.3, -0.25) is 19.3 Å². The molecule has 0 unspecified atom stereocenters. The van der Waals surface area contributed by atoms with Crippen molar-refractivity contribution in [1.82, 2.24) is 4.90 Å². The molecule has 208 valence electrons. The van der Waals surface area contributed by atoms with E-state index in [9.17, 15) is 14.4 Å². The lowest BCUT2D eigenvalue weighted by Crippen LogP contribution is -2.32. The third kappa shape index (κ3) is 7.33. The molecule has 0 aliphatic carbocycles. The van der Waals surface area contributed by atoms with Crippen molar-refractivity contribution in [1.29, 1.82) is 0 Å². The number of carbonyl (C=O) groups is 3. The Labute approximate surface area is 239 Å². The number of aryl methyl sites for hydroxylation is 3. The number of ether oxygens (including phenoxy) is 2. The highest BCUT2D eigenvalue weighted by Crippen LogP contribution is 2.33. The molecule has 8 heteroatoms. The number of carbonyl (C=O) groups excluding carboxylic acids is 3.